The van der Waals surface area contributed by atoms with Crippen LogP contribution in [0.15, 0.2) is 18.2 Å². The lowest BCUT2D eigenvalue weighted by Gasteiger charge is -2.20. The van der Waals surface area contributed by atoms with Crippen molar-refractivity contribution >= 4 is 11.8 Å². The van der Waals surface area contributed by atoms with Gasteiger partial charge in [0.15, 0.2) is 0 Å². The van der Waals surface area contributed by atoms with Gasteiger partial charge in [0, 0.05) is 5.69 Å². The van der Waals surface area contributed by atoms with Gasteiger partial charge >= 0.3 is 6.09 Å². The van der Waals surface area contributed by atoms with E-state index in [0.29, 0.717) is 11.3 Å². The van der Waals surface area contributed by atoms with Crippen LogP contribution in [0.2, 0.25) is 0 Å². The zero-order valence-electron chi connectivity index (χ0n) is 12.5. The molecule has 1 aromatic carbocycles. The Morgan fingerprint density at radius 3 is 2.32 bits per heavy atom. The van der Waals surface area contributed by atoms with E-state index in [1.54, 1.807) is 39.0 Å². The maximum atomic E-state index is 11.5. The number of amides is 1. The standard InChI is InChI=1S/C13H16N2O2.C2H6/c1-9-7-10(8-14)5-6-11(9)15-12(16)17-13(2,3)4;1-2/h5-7H,1-4H3,(H,15,16);1-2H3. The number of nitriles is 1. The third kappa shape index (κ3) is 6.46. The highest BCUT2D eigenvalue weighted by molar-refractivity contribution is 5.86. The van der Waals surface area contributed by atoms with E-state index in [1.165, 1.54) is 0 Å². The highest BCUT2D eigenvalue weighted by Crippen LogP contribution is 2.17. The Kier molecular flexibility index (Phi) is 6.63. The van der Waals surface area contributed by atoms with Crippen molar-refractivity contribution in [2.24, 2.45) is 0 Å². The fourth-order valence-electron chi connectivity index (χ4n) is 1.29. The van der Waals surface area contributed by atoms with Crippen LogP contribution in [0.3, 0.4) is 0 Å². The molecule has 0 fully saturated rings. The number of carbonyl (C=O) groups excluding carboxylic acids is 1. The van der Waals surface area contributed by atoms with Crippen molar-refractivity contribution in [2.75, 3.05) is 5.32 Å². The average molecular weight is 262 g/mol. The largest absolute Gasteiger partial charge is 0.444 e. The predicted octanol–water partition coefficient (Wildman–Crippen LogP) is 4.24. The minimum atomic E-state index is -0.523. The molecule has 4 nitrogen and oxygen atoms in total. The summed E-state index contributed by atoms with van der Waals surface area (Å²) in [4.78, 5) is 11.5. The smallest absolute Gasteiger partial charge is 0.412 e. The summed E-state index contributed by atoms with van der Waals surface area (Å²) in [7, 11) is 0. The highest BCUT2D eigenvalue weighted by atomic mass is 16.6. The molecule has 0 bridgehead atoms. The molecular formula is C15H22N2O2. The normalized spacial score (nSPS) is 9.74. The van der Waals surface area contributed by atoms with Crippen molar-refractivity contribution in [3.8, 4) is 6.07 Å². The first-order valence-electron chi connectivity index (χ1n) is 6.32. The molecule has 0 aliphatic heterocycles. The first-order valence-corrected chi connectivity index (χ1v) is 6.32. The number of ether oxygens (including phenoxy) is 1. The lowest BCUT2D eigenvalue weighted by molar-refractivity contribution is 0.0636. The first kappa shape index (κ1) is 17.0. The van der Waals surface area contributed by atoms with Crippen LogP contribution in [0.1, 0.15) is 45.7 Å². The number of anilines is 1. The maximum absolute atomic E-state index is 11.5. The number of aryl methyl sites for hydroxylation is 1. The number of carbonyl (C=O) groups is 1. The summed E-state index contributed by atoms with van der Waals surface area (Å²) in [5.41, 5.74) is 1.52. The number of nitrogens with one attached hydrogen (secondary N) is 1. The topological polar surface area (TPSA) is 62.1 Å². The summed E-state index contributed by atoms with van der Waals surface area (Å²) in [6.45, 7) is 11.2. The number of rotatable bonds is 1. The lowest BCUT2D eigenvalue weighted by Crippen LogP contribution is -2.27. The van der Waals surface area contributed by atoms with E-state index < -0.39 is 11.7 Å². The van der Waals surface area contributed by atoms with Crippen molar-refractivity contribution in [2.45, 2.75) is 47.1 Å². The molecule has 1 aromatic rings. The van der Waals surface area contributed by atoms with Crippen LogP contribution in [0.5, 0.6) is 0 Å². The van der Waals surface area contributed by atoms with Crippen molar-refractivity contribution in [1.29, 1.82) is 5.26 Å². The molecule has 19 heavy (non-hydrogen) atoms. The van der Waals surface area contributed by atoms with Crippen molar-refractivity contribution in [3.63, 3.8) is 0 Å². The molecule has 104 valence electrons. The minimum Gasteiger partial charge on any atom is -0.444 e. The van der Waals surface area contributed by atoms with Crippen molar-refractivity contribution in [1.82, 2.24) is 0 Å². The molecule has 0 aromatic heterocycles. The van der Waals surface area contributed by atoms with Crippen LogP contribution in [0.25, 0.3) is 0 Å². The summed E-state index contributed by atoms with van der Waals surface area (Å²) >= 11 is 0. The molecule has 1 amide bonds. The molecule has 1 rings (SSSR count). The zero-order valence-corrected chi connectivity index (χ0v) is 12.5. The quantitative estimate of drug-likeness (QED) is 0.823. The molecule has 0 saturated heterocycles. The predicted molar refractivity (Wildman–Crippen MR) is 77.1 cm³/mol. The first-order chi connectivity index (χ1) is 8.81. The lowest BCUT2D eigenvalue weighted by atomic mass is 10.1. The van der Waals surface area contributed by atoms with Gasteiger partial charge in [-0.05, 0) is 51.5 Å². The van der Waals surface area contributed by atoms with Crippen molar-refractivity contribution in [3.05, 3.63) is 29.3 Å². The highest BCUT2D eigenvalue weighted by Gasteiger charge is 2.16. The average Bonchev–Trinajstić information content (AvgIpc) is 2.32. The van der Waals surface area contributed by atoms with Crippen LogP contribution in [0, 0.1) is 18.3 Å². The number of benzene rings is 1. The van der Waals surface area contributed by atoms with Gasteiger partial charge in [-0.15, -0.1) is 0 Å². The van der Waals surface area contributed by atoms with Gasteiger partial charge < -0.3 is 4.74 Å². The molecule has 0 aliphatic rings. The summed E-state index contributed by atoms with van der Waals surface area (Å²) in [6, 6.07) is 7.10. The fraction of sp³-hybridized carbons (Fsp3) is 0.467. The molecule has 0 radical (unpaired) electrons. The Labute approximate surface area is 115 Å². The van der Waals surface area contributed by atoms with Gasteiger partial charge in [-0.1, -0.05) is 13.8 Å². The van der Waals surface area contributed by atoms with E-state index in [4.69, 9.17) is 10.00 Å². The Morgan fingerprint density at radius 1 is 1.32 bits per heavy atom. The molecular weight excluding hydrogens is 240 g/mol. The molecule has 0 atom stereocenters. The van der Waals surface area contributed by atoms with Crippen LogP contribution in [-0.2, 0) is 4.74 Å². The third-order valence-electron chi connectivity index (χ3n) is 1.99. The maximum Gasteiger partial charge on any atom is 0.412 e. The van der Waals surface area contributed by atoms with Crippen LogP contribution in [0.4, 0.5) is 10.5 Å². The molecule has 0 heterocycles. The van der Waals surface area contributed by atoms with Crippen LogP contribution in [-0.4, -0.2) is 11.7 Å². The molecule has 1 N–H and O–H groups in total. The summed E-state index contributed by atoms with van der Waals surface area (Å²) in [6.07, 6.45) is -0.495. The number of hydrogen-bond acceptors (Lipinski definition) is 3. The van der Waals surface area contributed by atoms with E-state index in [2.05, 4.69) is 5.32 Å². The van der Waals surface area contributed by atoms with Gasteiger partial charge in [-0.25, -0.2) is 4.79 Å². The monoisotopic (exact) mass is 262 g/mol. The van der Waals surface area contributed by atoms with Gasteiger partial charge in [-0.2, -0.15) is 5.26 Å². The third-order valence-corrected chi connectivity index (χ3v) is 1.99. The van der Waals surface area contributed by atoms with Crippen LogP contribution >= 0.6 is 0 Å². The van der Waals surface area contributed by atoms with Crippen LogP contribution < -0.4 is 5.32 Å². The van der Waals surface area contributed by atoms with E-state index in [9.17, 15) is 4.79 Å². The fourth-order valence-corrected chi connectivity index (χ4v) is 1.29. The Hall–Kier alpha value is -2.02. The van der Waals surface area contributed by atoms with Gasteiger partial charge in [0.1, 0.15) is 5.60 Å². The Morgan fingerprint density at radius 2 is 1.89 bits per heavy atom. The van der Waals surface area contributed by atoms with Gasteiger partial charge in [0.2, 0.25) is 0 Å². The minimum absolute atomic E-state index is 0.495. The van der Waals surface area contributed by atoms with Gasteiger partial charge in [0.05, 0.1) is 11.6 Å². The van der Waals surface area contributed by atoms with Gasteiger partial charge in [0.25, 0.3) is 0 Å². The summed E-state index contributed by atoms with van der Waals surface area (Å²) < 4.78 is 5.14. The zero-order chi connectivity index (χ0) is 15.1. The molecule has 4 heteroatoms. The second-order valence-electron chi connectivity index (χ2n) is 4.77. The van der Waals surface area contributed by atoms with E-state index >= 15 is 0 Å². The molecule has 0 spiro atoms. The van der Waals surface area contributed by atoms with Crippen molar-refractivity contribution < 1.29 is 9.53 Å². The molecule has 0 aliphatic carbocycles. The van der Waals surface area contributed by atoms with E-state index in [1.807, 2.05) is 26.8 Å². The van der Waals surface area contributed by atoms with Gasteiger partial charge in [-0.3, -0.25) is 5.32 Å². The van der Waals surface area contributed by atoms with E-state index in [-0.39, 0.29) is 0 Å². The summed E-state index contributed by atoms with van der Waals surface area (Å²) in [5.74, 6) is 0. The number of hydrogen-bond donors (Lipinski definition) is 1. The summed E-state index contributed by atoms with van der Waals surface area (Å²) in [5, 5.41) is 11.4. The Bertz CT molecular complexity index is 468. The second-order valence-corrected chi connectivity index (χ2v) is 4.77. The molecule has 0 unspecified atom stereocenters. The SMILES string of the molecule is CC.Cc1cc(C#N)ccc1NC(=O)OC(C)(C)C. The molecule has 0 saturated carbocycles. The Balaban J connectivity index is 0.00000154. The van der Waals surface area contributed by atoms with E-state index in [0.717, 1.165) is 5.56 Å². The number of nitrogens with zero attached hydrogens (tertiary/aromatic N) is 1. The second kappa shape index (κ2) is 7.42.